The summed E-state index contributed by atoms with van der Waals surface area (Å²) < 4.78 is 0. The van der Waals surface area contributed by atoms with E-state index in [1.54, 1.807) is 11.3 Å². The Morgan fingerprint density at radius 2 is 2.08 bits per heavy atom. The van der Waals surface area contributed by atoms with Gasteiger partial charge in [0.1, 0.15) is 0 Å². The first-order chi connectivity index (χ1) is 6.27. The van der Waals surface area contributed by atoms with Crippen LogP contribution in [0.3, 0.4) is 0 Å². The lowest BCUT2D eigenvalue weighted by Gasteiger charge is -2.03. The second-order valence-electron chi connectivity index (χ2n) is 3.10. The minimum atomic E-state index is 0.860. The number of hydrogen-bond acceptors (Lipinski definition) is 2. The number of hydrogen-bond donors (Lipinski definition) is 1. The molecule has 2 rings (SSSR count). The average Bonchev–Trinajstić information content (AvgIpc) is 2.56. The van der Waals surface area contributed by atoms with Gasteiger partial charge < -0.3 is 5.73 Å². The van der Waals surface area contributed by atoms with Crippen molar-refractivity contribution in [3.05, 3.63) is 40.6 Å². The maximum Gasteiger partial charge on any atom is 0.0396 e. The molecule has 13 heavy (non-hydrogen) atoms. The van der Waals surface area contributed by atoms with Crippen molar-refractivity contribution < 1.29 is 0 Å². The van der Waals surface area contributed by atoms with E-state index in [0.29, 0.717) is 0 Å². The topological polar surface area (TPSA) is 26.0 Å². The lowest BCUT2D eigenvalue weighted by atomic mass is 10.1. The van der Waals surface area contributed by atoms with Crippen LogP contribution in [0.1, 0.15) is 5.56 Å². The molecule has 2 aromatic rings. The van der Waals surface area contributed by atoms with E-state index in [0.717, 1.165) is 11.3 Å². The summed E-state index contributed by atoms with van der Waals surface area (Å²) in [7, 11) is 0. The van der Waals surface area contributed by atoms with Crippen LogP contribution in [0.2, 0.25) is 0 Å². The fourth-order valence-electron chi connectivity index (χ4n) is 1.36. The Morgan fingerprint density at radius 1 is 1.23 bits per heavy atom. The third kappa shape index (κ3) is 1.58. The molecule has 0 radical (unpaired) electrons. The van der Waals surface area contributed by atoms with Crippen LogP contribution in [0, 0.1) is 6.92 Å². The standard InChI is InChI=1S/C11H11NS/c1-8-2-3-10(11(12)6-8)9-4-5-13-7-9/h2-7H,12H2,1H3. The molecule has 0 atom stereocenters. The molecule has 1 heterocycles. The molecule has 1 aromatic carbocycles. The second-order valence-corrected chi connectivity index (χ2v) is 3.88. The Bertz CT molecular complexity index is 404. The summed E-state index contributed by atoms with van der Waals surface area (Å²) in [4.78, 5) is 0. The minimum Gasteiger partial charge on any atom is -0.398 e. The fraction of sp³-hybridized carbons (Fsp3) is 0.0909. The molecule has 1 aromatic heterocycles. The van der Waals surface area contributed by atoms with Gasteiger partial charge in [-0.05, 0) is 40.9 Å². The maximum absolute atomic E-state index is 5.92. The van der Waals surface area contributed by atoms with E-state index in [-0.39, 0.29) is 0 Å². The van der Waals surface area contributed by atoms with Crippen molar-refractivity contribution in [3.63, 3.8) is 0 Å². The second kappa shape index (κ2) is 3.23. The number of nitrogens with two attached hydrogens (primary N) is 1. The van der Waals surface area contributed by atoms with Crippen LogP contribution in [-0.2, 0) is 0 Å². The van der Waals surface area contributed by atoms with Crippen LogP contribution in [0.25, 0.3) is 11.1 Å². The number of benzene rings is 1. The third-order valence-corrected chi connectivity index (χ3v) is 2.72. The predicted octanol–water partition coefficient (Wildman–Crippen LogP) is 3.31. The van der Waals surface area contributed by atoms with Gasteiger partial charge in [-0.3, -0.25) is 0 Å². The number of rotatable bonds is 1. The summed E-state index contributed by atoms with van der Waals surface area (Å²) >= 11 is 1.69. The lowest BCUT2D eigenvalue weighted by molar-refractivity contribution is 1.47. The van der Waals surface area contributed by atoms with E-state index in [2.05, 4.69) is 29.0 Å². The van der Waals surface area contributed by atoms with Crippen LogP contribution in [0.5, 0.6) is 0 Å². The van der Waals surface area contributed by atoms with Gasteiger partial charge in [0.05, 0.1) is 0 Å². The summed E-state index contributed by atoms with van der Waals surface area (Å²) in [5.41, 5.74) is 10.3. The van der Waals surface area contributed by atoms with Gasteiger partial charge >= 0.3 is 0 Å². The summed E-state index contributed by atoms with van der Waals surface area (Å²) in [6, 6.07) is 8.26. The normalized spacial score (nSPS) is 10.2. The number of anilines is 1. The van der Waals surface area contributed by atoms with E-state index in [4.69, 9.17) is 5.73 Å². The summed E-state index contributed by atoms with van der Waals surface area (Å²) in [6.07, 6.45) is 0. The summed E-state index contributed by atoms with van der Waals surface area (Å²) in [5.74, 6) is 0. The molecule has 66 valence electrons. The molecule has 0 spiro atoms. The smallest absolute Gasteiger partial charge is 0.0396 e. The first kappa shape index (κ1) is 8.32. The molecule has 2 N–H and O–H groups in total. The predicted molar refractivity (Wildman–Crippen MR) is 58.9 cm³/mol. The average molecular weight is 189 g/mol. The summed E-state index contributed by atoms with van der Waals surface area (Å²) in [6.45, 7) is 2.05. The number of aryl methyl sites for hydroxylation is 1. The Kier molecular flexibility index (Phi) is 2.07. The quantitative estimate of drug-likeness (QED) is 0.684. The Balaban J connectivity index is 2.53. The molecule has 0 aliphatic carbocycles. The van der Waals surface area contributed by atoms with Crippen molar-refractivity contribution in [2.24, 2.45) is 0 Å². The SMILES string of the molecule is Cc1ccc(-c2ccsc2)c(N)c1. The van der Waals surface area contributed by atoms with Gasteiger partial charge in [-0.2, -0.15) is 11.3 Å². The third-order valence-electron chi connectivity index (χ3n) is 2.04. The van der Waals surface area contributed by atoms with Crippen LogP contribution in [0.15, 0.2) is 35.0 Å². The Labute approximate surface area is 81.8 Å². The first-order valence-corrected chi connectivity index (χ1v) is 5.10. The zero-order valence-corrected chi connectivity index (χ0v) is 8.27. The summed E-state index contributed by atoms with van der Waals surface area (Å²) in [5, 5.41) is 4.18. The first-order valence-electron chi connectivity index (χ1n) is 4.16. The van der Waals surface area contributed by atoms with E-state index < -0.39 is 0 Å². The van der Waals surface area contributed by atoms with Crippen molar-refractivity contribution in [3.8, 4) is 11.1 Å². The molecule has 1 nitrogen and oxygen atoms in total. The molecule has 0 amide bonds. The lowest BCUT2D eigenvalue weighted by Crippen LogP contribution is -1.89. The molecule has 0 aliphatic heterocycles. The molecule has 0 fully saturated rings. The highest BCUT2D eigenvalue weighted by Gasteiger charge is 2.01. The molecule has 2 heteroatoms. The molecular formula is C11H11NS. The highest BCUT2D eigenvalue weighted by atomic mass is 32.1. The van der Waals surface area contributed by atoms with E-state index in [1.807, 2.05) is 13.0 Å². The van der Waals surface area contributed by atoms with Crippen LogP contribution >= 0.6 is 11.3 Å². The van der Waals surface area contributed by atoms with Crippen LogP contribution in [0.4, 0.5) is 5.69 Å². The maximum atomic E-state index is 5.92. The zero-order chi connectivity index (χ0) is 9.26. The highest BCUT2D eigenvalue weighted by Crippen LogP contribution is 2.28. The molecule has 0 saturated carbocycles. The van der Waals surface area contributed by atoms with Gasteiger partial charge in [0.2, 0.25) is 0 Å². The Morgan fingerprint density at radius 3 is 2.69 bits per heavy atom. The van der Waals surface area contributed by atoms with Crippen molar-refractivity contribution in [2.45, 2.75) is 6.92 Å². The van der Waals surface area contributed by atoms with Gasteiger partial charge in [0.15, 0.2) is 0 Å². The fourth-order valence-corrected chi connectivity index (χ4v) is 2.02. The van der Waals surface area contributed by atoms with E-state index in [1.165, 1.54) is 11.1 Å². The molecule has 0 aliphatic rings. The number of nitrogen functional groups attached to an aromatic ring is 1. The number of thiophene rings is 1. The van der Waals surface area contributed by atoms with Crippen LogP contribution < -0.4 is 5.73 Å². The van der Waals surface area contributed by atoms with Crippen molar-refractivity contribution in [2.75, 3.05) is 5.73 Å². The van der Waals surface area contributed by atoms with Gasteiger partial charge in [0.25, 0.3) is 0 Å². The minimum absolute atomic E-state index is 0.860. The Hall–Kier alpha value is -1.28. The zero-order valence-electron chi connectivity index (χ0n) is 7.45. The van der Waals surface area contributed by atoms with Crippen molar-refractivity contribution >= 4 is 17.0 Å². The van der Waals surface area contributed by atoms with Gasteiger partial charge in [-0.15, -0.1) is 0 Å². The molecule has 0 unspecified atom stereocenters. The van der Waals surface area contributed by atoms with Crippen molar-refractivity contribution in [1.82, 2.24) is 0 Å². The van der Waals surface area contributed by atoms with Crippen LogP contribution in [-0.4, -0.2) is 0 Å². The van der Waals surface area contributed by atoms with Gasteiger partial charge in [0, 0.05) is 11.3 Å². The largest absolute Gasteiger partial charge is 0.398 e. The molecule has 0 bridgehead atoms. The highest BCUT2D eigenvalue weighted by molar-refractivity contribution is 7.08. The molecule has 0 saturated heterocycles. The van der Waals surface area contributed by atoms with E-state index >= 15 is 0 Å². The monoisotopic (exact) mass is 189 g/mol. The van der Waals surface area contributed by atoms with Crippen molar-refractivity contribution in [1.29, 1.82) is 0 Å². The van der Waals surface area contributed by atoms with Gasteiger partial charge in [-0.1, -0.05) is 12.1 Å². The molecular weight excluding hydrogens is 178 g/mol. The van der Waals surface area contributed by atoms with Gasteiger partial charge in [-0.25, -0.2) is 0 Å². The van der Waals surface area contributed by atoms with E-state index in [9.17, 15) is 0 Å².